The zero-order valence-corrected chi connectivity index (χ0v) is 9.90. The van der Waals surface area contributed by atoms with Gasteiger partial charge >= 0.3 is 29.6 Å². The van der Waals surface area contributed by atoms with E-state index in [0.29, 0.717) is 18.5 Å². The molecule has 0 radical (unpaired) electrons. The number of rotatable bonds is 3. The summed E-state index contributed by atoms with van der Waals surface area (Å²) >= 11 is 0. The van der Waals surface area contributed by atoms with Gasteiger partial charge in [0.15, 0.2) is 0 Å². The van der Waals surface area contributed by atoms with Crippen LogP contribution in [0.3, 0.4) is 0 Å². The van der Waals surface area contributed by atoms with Crippen LogP contribution in [0.2, 0.25) is 0 Å². The number of para-hydroxylation sites is 1. The van der Waals surface area contributed by atoms with Gasteiger partial charge in [-0.3, -0.25) is 10.1 Å². The Balaban J connectivity index is 0.00000169. The average Bonchev–Trinajstić information content (AvgIpc) is 2.08. The summed E-state index contributed by atoms with van der Waals surface area (Å²) in [5, 5.41) is 21.7. The minimum atomic E-state index is -0.678. The maximum atomic E-state index is 11.3. The van der Waals surface area contributed by atoms with Gasteiger partial charge in [-0.05, 0) is 24.3 Å². The molecule has 2 N–H and O–H groups in total. The summed E-state index contributed by atoms with van der Waals surface area (Å²) in [6.45, 7) is 0.316. The van der Waals surface area contributed by atoms with Crippen LogP contribution in [0.1, 0.15) is 5.56 Å². The molecule has 0 aromatic heterocycles. The molecule has 0 amide bonds. The summed E-state index contributed by atoms with van der Waals surface area (Å²) in [6.07, 6.45) is 0.376. The predicted octanol–water partition coefficient (Wildman–Crippen LogP) is -2.83. The van der Waals surface area contributed by atoms with Gasteiger partial charge in [0.1, 0.15) is 0 Å². The zero-order valence-electron chi connectivity index (χ0n) is 7.90. The summed E-state index contributed by atoms with van der Waals surface area (Å²) < 4.78 is 0. The first-order valence-electron chi connectivity index (χ1n) is 3.80. The van der Waals surface area contributed by atoms with E-state index >= 15 is 0 Å². The number of nitrogens with two attached hydrogens (primary N) is 1. The molecular formula is C8H9N2NaO3. The molecule has 1 rings (SSSR count). The number of nitrogens with zero attached hydrogens (tertiary/aromatic N) is 1. The second-order valence-electron chi connectivity index (χ2n) is 2.56. The third-order valence-electron chi connectivity index (χ3n) is 1.69. The first-order chi connectivity index (χ1) is 6.16. The second-order valence-corrected chi connectivity index (χ2v) is 2.56. The van der Waals surface area contributed by atoms with Crippen LogP contribution in [0.15, 0.2) is 18.2 Å². The van der Waals surface area contributed by atoms with Crippen molar-refractivity contribution in [2.75, 3.05) is 6.54 Å². The monoisotopic (exact) mass is 204 g/mol. The molecule has 1 aromatic rings. The van der Waals surface area contributed by atoms with Crippen LogP contribution >= 0.6 is 0 Å². The zero-order chi connectivity index (χ0) is 9.84. The second kappa shape index (κ2) is 5.98. The Hall–Kier alpha value is -0.620. The van der Waals surface area contributed by atoms with E-state index in [4.69, 9.17) is 5.73 Å². The number of hydrogen-bond acceptors (Lipinski definition) is 4. The molecule has 6 heteroatoms. The molecule has 0 aliphatic heterocycles. The number of hydrogen-bond donors (Lipinski definition) is 1. The minimum absolute atomic E-state index is 0. The minimum Gasteiger partial charge on any atom is -0.868 e. The largest absolute Gasteiger partial charge is 1.00 e. The molecule has 5 nitrogen and oxygen atoms in total. The van der Waals surface area contributed by atoms with Gasteiger partial charge in [-0.2, -0.15) is 0 Å². The van der Waals surface area contributed by atoms with Crippen molar-refractivity contribution in [3.63, 3.8) is 0 Å². The van der Waals surface area contributed by atoms with Crippen LogP contribution in [0.4, 0.5) is 5.69 Å². The van der Waals surface area contributed by atoms with Crippen LogP contribution in [-0.4, -0.2) is 11.5 Å². The van der Waals surface area contributed by atoms with Gasteiger partial charge in [0.25, 0.3) is 5.69 Å². The summed E-state index contributed by atoms with van der Waals surface area (Å²) in [7, 11) is 0. The third-order valence-corrected chi connectivity index (χ3v) is 1.69. The van der Waals surface area contributed by atoms with Crippen molar-refractivity contribution in [2.45, 2.75) is 6.42 Å². The molecule has 0 aliphatic rings. The molecule has 0 unspecified atom stereocenters. The topological polar surface area (TPSA) is 92.2 Å². The Kier molecular flexibility index (Phi) is 5.71. The van der Waals surface area contributed by atoms with Gasteiger partial charge in [0.2, 0.25) is 0 Å². The van der Waals surface area contributed by atoms with Crippen LogP contribution < -0.4 is 40.4 Å². The van der Waals surface area contributed by atoms with Crippen LogP contribution in [-0.2, 0) is 6.42 Å². The Morgan fingerprint density at radius 1 is 1.43 bits per heavy atom. The van der Waals surface area contributed by atoms with Gasteiger partial charge in [-0.15, -0.1) is 0 Å². The van der Waals surface area contributed by atoms with Crippen LogP contribution in [0.25, 0.3) is 0 Å². The van der Waals surface area contributed by atoms with Crippen molar-refractivity contribution in [3.05, 3.63) is 33.9 Å². The van der Waals surface area contributed by atoms with E-state index in [1.54, 1.807) is 6.07 Å². The van der Waals surface area contributed by atoms with E-state index < -0.39 is 10.7 Å². The fraction of sp³-hybridized carbons (Fsp3) is 0.250. The summed E-state index contributed by atoms with van der Waals surface area (Å²) in [4.78, 5) is 9.67. The molecule has 0 saturated carbocycles. The Morgan fingerprint density at radius 3 is 2.57 bits per heavy atom. The van der Waals surface area contributed by atoms with Crippen LogP contribution in [0, 0.1) is 10.1 Å². The quantitative estimate of drug-likeness (QED) is 0.326. The standard InChI is InChI=1S/C8H10N2O3.Na/c9-5-4-6-2-1-3-7(8(6)11)10(12)13;/h1-3,11H,4-5,9H2;/q;+1/p-1. The van der Waals surface area contributed by atoms with E-state index in [1.807, 2.05) is 0 Å². The smallest absolute Gasteiger partial charge is 0.868 e. The van der Waals surface area contributed by atoms with Gasteiger partial charge in [0.05, 0.1) is 4.92 Å². The molecule has 0 fully saturated rings. The predicted molar refractivity (Wildman–Crippen MR) is 45.3 cm³/mol. The molecule has 1 aromatic carbocycles. The Labute approximate surface area is 103 Å². The fourth-order valence-corrected chi connectivity index (χ4v) is 1.07. The van der Waals surface area contributed by atoms with E-state index in [1.165, 1.54) is 12.1 Å². The van der Waals surface area contributed by atoms with E-state index in [0.717, 1.165) is 0 Å². The van der Waals surface area contributed by atoms with Crippen LogP contribution in [0.5, 0.6) is 5.75 Å². The average molecular weight is 204 g/mol. The summed E-state index contributed by atoms with van der Waals surface area (Å²) in [6, 6.07) is 4.25. The van der Waals surface area contributed by atoms with E-state index in [-0.39, 0.29) is 35.2 Å². The number of nitro groups is 1. The number of benzene rings is 1. The van der Waals surface area contributed by atoms with Crippen molar-refractivity contribution >= 4 is 5.69 Å². The van der Waals surface area contributed by atoms with Gasteiger partial charge in [0, 0.05) is 6.07 Å². The maximum absolute atomic E-state index is 11.3. The molecule has 0 saturated heterocycles. The summed E-state index contributed by atoms with van der Waals surface area (Å²) in [5.41, 5.74) is 5.26. The third kappa shape index (κ3) is 2.95. The summed E-state index contributed by atoms with van der Waals surface area (Å²) in [5.74, 6) is -0.530. The maximum Gasteiger partial charge on any atom is 1.00 e. The van der Waals surface area contributed by atoms with Gasteiger partial charge < -0.3 is 10.8 Å². The molecule has 0 bridgehead atoms. The van der Waals surface area contributed by atoms with Gasteiger partial charge in [-0.25, -0.2) is 0 Å². The van der Waals surface area contributed by atoms with Crippen molar-refractivity contribution in [2.24, 2.45) is 5.73 Å². The number of nitro benzene ring substituents is 1. The SMILES string of the molecule is NCCc1cccc([N+](=O)[O-])c1[O-].[Na+]. The first-order valence-corrected chi connectivity index (χ1v) is 3.80. The molecular weight excluding hydrogens is 195 g/mol. The van der Waals surface area contributed by atoms with Crippen molar-refractivity contribution in [3.8, 4) is 5.75 Å². The van der Waals surface area contributed by atoms with Gasteiger partial charge in [-0.1, -0.05) is 12.1 Å². The van der Waals surface area contributed by atoms with Crippen molar-refractivity contribution in [1.29, 1.82) is 0 Å². The van der Waals surface area contributed by atoms with Crippen molar-refractivity contribution in [1.82, 2.24) is 0 Å². The molecule has 0 aliphatic carbocycles. The Morgan fingerprint density at radius 2 is 2.07 bits per heavy atom. The molecule has 0 atom stereocenters. The molecule has 0 heterocycles. The molecule has 0 spiro atoms. The molecule has 70 valence electrons. The fourth-order valence-electron chi connectivity index (χ4n) is 1.07. The normalized spacial score (nSPS) is 9.21. The van der Waals surface area contributed by atoms with Crippen molar-refractivity contribution < 1.29 is 39.6 Å². The first kappa shape index (κ1) is 13.4. The van der Waals surface area contributed by atoms with E-state index in [9.17, 15) is 15.2 Å². The van der Waals surface area contributed by atoms with E-state index in [2.05, 4.69) is 0 Å². The Bertz CT molecular complexity index is 330. The molecule has 14 heavy (non-hydrogen) atoms.